The molecule has 2 aromatic carbocycles. The van der Waals surface area contributed by atoms with Crippen molar-refractivity contribution in [1.29, 1.82) is 0 Å². The molecule has 5 aromatic rings. The number of nitrogens with zero attached hydrogens (tertiary/aromatic N) is 6. The molecule has 0 saturated carbocycles. The highest BCUT2D eigenvalue weighted by atomic mass is 16.1. The standard InChI is InChI=1S/C27H27N7O/c1-18-12-13-22(14-19(18)2)33-26-23(16-30-33)27(29-17-28-26)34-24(15-20(3)32-34)31-25(35)11-7-10-21-8-5-4-6-9-21/h4-6,8-9,12-17H,7,10-11H2,1-3H3,(H,31,35). The minimum atomic E-state index is -0.0572. The van der Waals surface area contributed by atoms with Gasteiger partial charge in [-0.25, -0.2) is 14.6 Å². The first-order valence-electron chi connectivity index (χ1n) is 11.7. The number of anilines is 1. The van der Waals surface area contributed by atoms with Crippen LogP contribution < -0.4 is 5.32 Å². The van der Waals surface area contributed by atoms with Crippen molar-refractivity contribution < 1.29 is 4.79 Å². The monoisotopic (exact) mass is 465 g/mol. The van der Waals surface area contributed by atoms with Gasteiger partial charge in [0.15, 0.2) is 11.5 Å². The van der Waals surface area contributed by atoms with E-state index in [1.807, 2.05) is 37.3 Å². The smallest absolute Gasteiger partial charge is 0.225 e. The molecule has 1 N–H and O–H groups in total. The summed E-state index contributed by atoms with van der Waals surface area (Å²) in [5.41, 5.74) is 6.00. The molecule has 0 saturated heterocycles. The Bertz CT molecular complexity index is 1500. The van der Waals surface area contributed by atoms with Crippen LogP contribution >= 0.6 is 0 Å². The van der Waals surface area contributed by atoms with Crippen molar-refractivity contribution in [3.05, 3.63) is 89.5 Å². The topological polar surface area (TPSA) is 90.5 Å². The Labute approximate surface area is 203 Å². The number of aryl methyl sites for hydroxylation is 4. The molecule has 0 aliphatic carbocycles. The molecule has 0 unspecified atom stereocenters. The summed E-state index contributed by atoms with van der Waals surface area (Å²) in [6.45, 7) is 6.04. The first kappa shape index (κ1) is 22.5. The SMILES string of the molecule is Cc1cc(NC(=O)CCCc2ccccc2)n(-c2ncnc3c2cnn3-c2ccc(C)c(C)c2)n1. The van der Waals surface area contributed by atoms with E-state index in [0.717, 1.165) is 29.6 Å². The van der Waals surface area contributed by atoms with Crippen molar-refractivity contribution >= 4 is 22.8 Å². The Morgan fingerprint density at radius 1 is 0.943 bits per heavy atom. The molecule has 0 aliphatic heterocycles. The van der Waals surface area contributed by atoms with Crippen molar-refractivity contribution in [3.63, 3.8) is 0 Å². The van der Waals surface area contributed by atoms with Gasteiger partial charge in [0.05, 0.1) is 23.0 Å². The molecular weight excluding hydrogens is 438 g/mol. The van der Waals surface area contributed by atoms with Crippen LogP contribution in [0, 0.1) is 20.8 Å². The molecule has 1 amide bonds. The minimum Gasteiger partial charge on any atom is -0.311 e. The first-order valence-corrected chi connectivity index (χ1v) is 11.7. The summed E-state index contributed by atoms with van der Waals surface area (Å²) < 4.78 is 3.45. The van der Waals surface area contributed by atoms with E-state index in [1.54, 1.807) is 15.6 Å². The number of fused-ring (bicyclic) bond motifs is 1. The molecule has 8 nitrogen and oxygen atoms in total. The quantitative estimate of drug-likeness (QED) is 0.370. The average Bonchev–Trinajstić information content (AvgIpc) is 3.45. The fourth-order valence-electron chi connectivity index (χ4n) is 4.10. The van der Waals surface area contributed by atoms with Gasteiger partial charge >= 0.3 is 0 Å². The van der Waals surface area contributed by atoms with E-state index in [0.29, 0.717) is 23.7 Å². The van der Waals surface area contributed by atoms with E-state index in [2.05, 4.69) is 63.6 Å². The van der Waals surface area contributed by atoms with Crippen molar-refractivity contribution in [2.24, 2.45) is 0 Å². The second kappa shape index (κ2) is 9.50. The van der Waals surface area contributed by atoms with Crippen LogP contribution in [0.1, 0.15) is 35.2 Å². The van der Waals surface area contributed by atoms with Gasteiger partial charge < -0.3 is 5.32 Å². The maximum Gasteiger partial charge on any atom is 0.225 e. The fraction of sp³-hybridized carbons (Fsp3) is 0.222. The molecule has 0 bridgehead atoms. The molecule has 0 radical (unpaired) electrons. The third kappa shape index (κ3) is 4.68. The predicted molar refractivity (Wildman–Crippen MR) is 136 cm³/mol. The van der Waals surface area contributed by atoms with Crippen molar-refractivity contribution in [3.8, 4) is 11.5 Å². The number of rotatable bonds is 7. The Balaban J connectivity index is 1.40. The summed E-state index contributed by atoms with van der Waals surface area (Å²) in [4.78, 5) is 21.7. The maximum absolute atomic E-state index is 12.7. The summed E-state index contributed by atoms with van der Waals surface area (Å²) >= 11 is 0. The van der Waals surface area contributed by atoms with E-state index in [4.69, 9.17) is 0 Å². The van der Waals surface area contributed by atoms with E-state index < -0.39 is 0 Å². The Hall–Kier alpha value is -4.33. The van der Waals surface area contributed by atoms with Gasteiger partial charge in [-0.2, -0.15) is 14.9 Å². The maximum atomic E-state index is 12.7. The van der Waals surface area contributed by atoms with Gasteiger partial charge in [0, 0.05) is 12.5 Å². The van der Waals surface area contributed by atoms with Crippen LogP contribution in [-0.4, -0.2) is 35.4 Å². The van der Waals surface area contributed by atoms with Gasteiger partial charge in [-0.3, -0.25) is 4.79 Å². The third-order valence-corrected chi connectivity index (χ3v) is 6.09. The minimum absolute atomic E-state index is 0.0572. The third-order valence-electron chi connectivity index (χ3n) is 6.09. The van der Waals surface area contributed by atoms with Gasteiger partial charge in [0.2, 0.25) is 5.91 Å². The molecule has 3 aromatic heterocycles. The van der Waals surface area contributed by atoms with Gasteiger partial charge in [0.1, 0.15) is 12.1 Å². The molecule has 176 valence electrons. The lowest BCUT2D eigenvalue weighted by atomic mass is 10.1. The zero-order valence-corrected chi connectivity index (χ0v) is 20.1. The van der Waals surface area contributed by atoms with Crippen molar-refractivity contribution in [2.75, 3.05) is 5.32 Å². The van der Waals surface area contributed by atoms with Crippen LogP contribution in [-0.2, 0) is 11.2 Å². The zero-order valence-electron chi connectivity index (χ0n) is 20.1. The second-order valence-electron chi connectivity index (χ2n) is 8.73. The molecule has 35 heavy (non-hydrogen) atoms. The van der Waals surface area contributed by atoms with Crippen LogP contribution in [0.15, 0.2) is 67.1 Å². The normalized spacial score (nSPS) is 11.2. The molecule has 0 fully saturated rings. The van der Waals surface area contributed by atoms with Gasteiger partial charge in [-0.1, -0.05) is 36.4 Å². The lowest BCUT2D eigenvalue weighted by molar-refractivity contribution is -0.116. The van der Waals surface area contributed by atoms with Crippen LogP contribution in [0.25, 0.3) is 22.5 Å². The number of carbonyl (C=O) groups is 1. The number of amides is 1. The van der Waals surface area contributed by atoms with Crippen LogP contribution in [0.3, 0.4) is 0 Å². The molecule has 5 rings (SSSR count). The number of benzene rings is 2. The van der Waals surface area contributed by atoms with Crippen molar-refractivity contribution in [1.82, 2.24) is 29.5 Å². The predicted octanol–water partition coefficient (Wildman–Crippen LogP) is 4.89. The van der Waals surface area contributed by atoms with Crippen LogP contribution in [0.4, 0.5) is 5.82 Å². The van der Waals surface area contributed by atoms with E-state index >= 15 is 0 Å². The van der Waals surface area contributed by atoms with E-state index in [9.17, 15) is 4.79 Å². The molecule has 3 heterocycles. The van der Waals surface area contributed by atoms with Crippen LogP contribution in [0.2, 0.25) is 0 Å². The van der Waals surface area contributed by atoms with Gasteiger partial charge in [-0.05, 0) is 62.4 Å². The summed E-state index contributed by atoms with van der Waals surface area (Å²) in [6, 6.07) is 18.2. The number of hydrogen-bond donors (Lipinski definition) is 1. The highest BCUT2D eigenvalue weighted by molar-refractivity contribution is 5.91. The Morgan fingerprint density at radius 3 is 2.57 bits per heavy atom. The van der Waals surface area contributed by atoms with E-state index in [-0.39, 0.29) is 5.91 Å². The second-order valence-corrected chi connectivity index (χ2v) is 8.73. The Kier molecular flexibility index (Phi) is 6.10. The number of carbonyl (C=O) groups excluding carboxylic acids is 1. The summed E-state index contributed by atoms with van der Waals surface area (Å²) in [5.74, 6) is 1.09. The Morgan fingerprint density at radius 2 is 1.77 bits per heavy atom. The molecule has 8 heteroatoms. The zero-order chi connectivity index (χ0) is 24.4. The van der Waals surface area contributed by atoms with Gasteiger partial charge in [0.25, 0.3) is 0 Å². The lowest BCUT2D eigenvalue weighted by Crippen LogP contribution is -2.15. The first-order chi connectivity index (χ1) is 17.0. The lowest BCUT2D eigenvalue weighted by Gasteiger charge is -2.10. The summed E-state index contributed by atoms with van der Waals surface area (Å²) in [6.07, 6.45) is 5.28. The number of aromatic nitrogens is 6. The van der Waals surface area contributed by atoms with E-state index in [1.165, 1.54) is 23.0 Å². The highest BCUT2D eigenvalue weighted by Crippen LogP contribution is 2.25. The number of hydrogen-bond acceptors (Lipinski definition) is 5. The molecular formula is C27H27N7O. The molecule has 0 aliphatic rings. The largest absolute Gasteiger partial charge is 0.311 e. The fourth-order valence-corrected chi connectivity index (χ4v) is 4.10. The summed E-state index contributed by atoms with van der Waals surface area (Å²) in [7, 11) is 0. The highest BCUT2D eigenvalue weighted by Gasteiger charge is 2.17. The number of nitrogens with one attached hydrogen (secondary N) is 1. The summed E-state index contributed by atoms with van der Waals surface area (Å²) in [5, 5.41) is 12.9. The average molecular weight is 466 g/mol. The van der Waals surface area contributed by atoms with Crippen molar-refractivity contribution in [2.45, 2.75) is 40.0 Å². The van der Waals surface area contributed by atoms with Gasteiger partial charge in [-0.15, -0.1) is 0 Å². The molecule has 0 atom stereocenters. The van der Waals surface area contributed by atoms with Crippen LogP contribution in [0.5, 0.6) is 0 Å². The molecule has 0 spiro atoms.